The molecule has 1 aliphatic heterocycles. The zero-order chi connectivity index (χ0) is 24.4. The Balaban J connectivity index is 1.20. The summed E-state index contributed by atoms with van der Waals surface area (Å²) in [5.41, 5.74) is 0.0399. The van der Waals surface area contributed by atoms with E-state index in [2.05, 4.69) is 15.0 Å². The van der Waals surface area contributed by atoms with Crippen LogP contribution in [0.3, 0.4) is 0 Å². The maximum absolute atomic E-state index is 14.4. The van der Waals surface area contributed by atoms with Crippen molar-refractivity contribution in [2.24, 2.45) is 17.8 Å². The fraction of sp³-hybridized carbons (Fsp3) is 0.640. The van der Waals surface area contributed by atoms with Gasteiger partial charge < -0.3 is 19.1 Å². The van der Waals surface area contributed by atoms with Crippen molar-refractivity contribution in [3.05, 3.63) is 35.2 Å². The first-order valence-electron chi connectivity index (χ1n) is 12.1. The summed E-state index contributed by atoms with van der Waals surface area (Å²) in [5, 5.41) is 4.06. The van der Waals surface area contributed by atoms with Gasteiger partial charge in [-0.1, -0.05) is 19.0 Å². The summed E-state index contributed by atoms with van der Waals surface area (Å²) in [4.78, 5) is 19.8. The van der Waals surface area contributed by atoms with Crippen molar-refractivity contribution in [2.75, 3.05) is 38.7 Å². The second-order valence-electron chi connectivity index (χ2n) is 10.1. The molecule has 1 aromatic heterocycles. The Morgan fingerprint density at radius 1 is 1.24 bits per heavy atom. The molecule has 0 bridgehead atoms. The number of piperidine rings is 1. The first-order valence-corrected chi connectivity index (χ1v) is 12.1. The predicted octanol–water partition coefficient (Wildman–Crippen LogP) is 4.42. The molecule has 9 heteroatoms. The van der Waals surface area contributed by atoms with Crippen LogP contribution in [0.2, 0.25) is 0 Å². The molecule has 2 atom stereocenters. The minimum Gasteiger partial charge on any atom is -0.490 e. The predicted molar refractivity (Wildman–Crippen MR) is 124 cm³/mol. The molecule has 1 saturated carbocycles. The standard InChI is InChI=1S/C25H34F2N4O3/c1-15(2)24-28-25(34-29-24)31-8-5-16(6-9-31)19-11-17(19)7-10-33-22-14-20(26)18(12-21(22)27)13-23(32)30(3)4/h12,14-17,19H,5-11,13H2,1-4H3/t17-,19-/m1/s1. The third-order valence-corrected chi connectivity index (χ3v) is 7.03. The van der Waals surface area contributed by atoms with E-state index < -0.39 is 11.6 Å². The number of anilines is 1. The van der Waals surface area contributed by atoms with Crippen molar-refractivity contribution in [3.8, 4) is 5.75 Å². The van der Waals surface area contributed by atoms with Gasteiger partial charge >= 0.3 is 6.01 Å². The van der Waals surface area contributed by atoms with Gasteiger partial charge in [0, 0.05) is 44.7 Å². The van der Waals surface area contributed by atoms with Gasteiger partial charge in [0.2, 0.25) is 5.91 Å². The average Bonchev–Trinajstić information content (AvgIpc) is 3.39. The van der Waals surface area contributed by atoms with E-state index in [4.69, 9.17) is 9.26 Å². The molecule has 1 saturated heterocycles. The third-order valence-electron chi connectivity index (χ3n) is 7.03. The van der Waals surface area contributed by atoms with E-state index in [9.17, 15) is 13.6 Å². The third kappa shape index (κ3) is 5.67. The van der Waals surface area contributed by atoms with Crippen LogP contribution in [0.25, 0.3) is 0 Å². The van der Waals surface area contributed by atoms with E-state index >= 15 is 0 Å². The van der Waals surface area contributed by atoms with Crippen LogP contribution in [0.1, 0.15) is 56.8 Å². The Hall–Kier alpha value is -2.71. The highest BCUT2D eigenvalue weighted by atomic mass is 19.1. The van der Waals surface area contributed by atoms with Gasteiger partial charge in [-0.15, -0.1) is 0 Å². The lowest BCUT2D eigenvalue weighted by Crippen LogP contribution is -2.34. The van der Waals surface area contributed by atoms with E-state index in [1.54, 1.807) is 14.1 Å². The molecule has 7 nitrogen and oxygen atoms in total. The van der Waals surface area contributed by atoms with Gasteiger partial charge in [-0.05, 0) is 49.5 Å². The highest BCUT2D eigenvalue weighted by molar-refractivity contribution is 5.78. The minimum absolute atomic E-state index is 0.0399. The SMILES string of the molecule is CC(C)c1noc(N2CCC([C@H]3C[C@H]3CCOc3cc(F)c(CC(=O)N(C)C)cc3F)CC2)n1. The van der Waals surface area contributed by atoms with Gasteiger partial charge in [-0.2, -0.15) is 4.98 Å². The molecular formula is C25H34F2N4O3. The van der Waals surface area contributed by atoms with E-state index in [1.165, 1.54) is 4.90 Å². The number of benzene rings is 1. The number of amides is 1. The Labute approximate surface area is 199 Å². The molecule has 4 rings (SSSR count). The van der Waals surface area contributed by atoms with Crippen LogP contribution in [0, 0.1) is 29.4 Å². The van der Waals surface area contributed by atoms with Crippen molar-refractivity contribution in [1.82, 2.24) is 15.0 Å². The van der Waals surface area contributed by atoms with Crippen molar-refractivity contribution >= 4 is 11.9 Å². The molecule has 2 aromatic rings. The molecule has 0 N–H and O–H groups in total. The number of rotatable bonds is 9. The second-order valence-corrected chi connectivity index (χ2v) is 10.1. The molecule has 2 fully saturated rings. The van der Waals surface area contributed by atoms with E-state index in [-0.39, 0.29) is 29.6 Å². The molecule has 2 aliphatic rings. The fourth-order valence-corrected chi connectivity index (χ4v) is 4.75. The smallest absolute Gasteiger partial charge is 0.324 e. The second kappa shape index (κ2) is 10.3. The number of ether oxygens (including phenoxy) is 1. The summed E-state index contributed by atoms with van der Waals surface area (Å²) >= 11 is 0. The molecule has 1 aliphatic carbocycles. The van der Waals surface area contributed by atoms with Crippen LogP contribution in [-0.4, -0.2) is 54.7 Å². The zero-order valence-corrected chi connectivity index (χ0v) is 20.4. The summed E-state index contributed by atoms with van der Waals surface area (Å²) in [5.74, 6) is 1.26. The van der Waals surface area contributed by atoms with Gasteiger partial charge in [-0.25, -0.2) is 8.78 Å². The summed E-state index contributed by atoms with van der Waals surface area (Å²) in [6.45, 7) is 6.28. The van der Waals surface area contributed by atoms with Gasteiger partial charge in [0.1, 0.15) is 5.82 Å². The number of carbonyl (C=O) groups is 1. The van der Waals surface area contributed by atoms with Crippen molar-refractivity contribution in [3.63, 3.8) is 0 Å². The number of halogens is 2. The average molecular weight is 477 g/mol. The first kappa shape index (κ1) is 24.4. The Morgan fingerprint density at radius 3 is 2.62 bits per heavy atom. The lowest BCUT2D eigenvalue weighted by Gasteiger charge is -2.30. The lowest BCUT2D eigenvalue weighted by molar-refractivity contribution is -0.128. The summed E-state index contributed by atoms with van der Waals surface area (Å²) in [6.07, 6.45) is 4.00. The highest BCUT2D eigenvalue weighted by Crippen LogP contribution is 2.50. The van der Waals surface area contributed by atoms with Crippen LogP contribution >= 0.6 is 0 Å². The van der Waals surface area contributed by atoms with Gasteiger partial charge in [0.15, 0.2) is 17.4 Å². The van der Waals surface area contributed by atoms with Gasteiger partial charge in [-0.3, -0.25) is 4.79 Å². The summed E-state index contributed by atoms with van der Waals surface area (Å²) in [6, 6.07) is 2.73. The number of aromatic nitrogens is 2. The summed E-state index contributed by atoms with van der Waals surface area (Å²) < 4.78 is 39.7. The minimum atomic E-state index is -0.635. The normalized spacial score (nSPS) is 20.6. The van der Waals surface area contributed by atoms with Crippen LogP contribution in [-0.2, 0) is 11.2 Å². The highest BCUT2D eigenvalue weighted by Gasteiger charge is 2.43. The molecule has 0 spiro atoms. The number of hydrogen-bond donors (Lipinski definition) is 0. The number of likely N-dealkylation sites (N-methyl/N-ethyl adjacent to an activating group) is 1. The number of nitrogens with zero attached hydrogens (tertiary/aromatic N) is 4. The van der Waals surface area contributed by atoms with Crippen LogP contribution < -0.4 is 9.64 Å². The quantitative estimate of drug-likeness (QED) is 0.534. The van der Waals surface area contributed by atoms with Crippen molar-refractivity contribution < 1.29 is 22.8 Å². The zero-order valence-electron chi connectivity index (χ0n) is 20.4. The van der Waals surface area contributed by atoms with Crippen LogP contribution in [0.5, 0.6) is 5.75 Å². The molecule has 1 aromatic carbocycles. The number of hydrogen-bond acceptors (Lipinski definition) is 6. The largest absolute Gasteiger partial charge is 0.490 e. The van der Waals surface area contributed by atoms with E-state index in [1.807, 2.05) is 13.8 Å². The van der Waals surface area contributed by atoms with E-state index in [0.29, 0.717) is 30.4 Å². The fourth-order valence-electron chi connectivity index (χ4n) is 4.75. The summed E-state index contributed by atoms with van der Waals surface area (Å²) in [7, 11) is 3.16. The maximum Gasteiger partial charge on any atom is 0.324 e. The lowest BCUT2D eigenvalue weighted by atomic mass is 9.90. The topological polar surface area (TPSA) is 71.7 Å². The maximum atomic E-state index is 14.4. The first-order chi connectivity index (χ1) is 16.2. The molecule has 1 amide bonds. The Morgan fingerprint density at radius 2 is 1.97 bits per heavy atom. The number of carbonyl (C=O) groups excluding carboxylic acids is 1. The molecule has 34 heavy (non-hydrogen) atoms. The molecular weight excluding hydrogens is 442 g/mol. The Kier molecular flexibility index (Phi) is 7.38. The van der Waals surface area contributed by atoms with Crippen LogP contribution in [0.4, 0.5) is 14.8 Å². The van der Waals surface area contributed by atoms with Gasteiger partial charge in [0.05, 0.1) is 13.0 Å². The van der Waals surface area contributed by atoms with E-state index in [0.717, 1.165) is 56.7 Å². The molecule has 0 unspecified atom stereocenters. The molecule has 0 radical (unpaired) electrons. The molecule has 2 heterocycles. The molecule has 186 valence electrons. The van der Waals surface area contributed by atoms with Crippen molar-refractivity contribution in [1.29, 1.82) is 0 Å². The van der Waals surface area contributed by atoms with Crippen LogP contribution in [0.15, 0.2) is 16.7 Å². The van der Waals surface area contributed by atoms with Gasteiger partial charge in [0.25, 0.3) is 0 Å². The monoisotopic (exact) mass is 476 g/mol. The Bertz CT molecular complexity index is 1000. The van der Waals surface area contributed by atoms with Crippen molar-refractivity contribution in [2.45, 2.75) is 51.9 Å².